The Hall–Kier alpha value is -2.31. The van der Waals surface area contributed by atoms with Gasteiger partial charge in [0.1, 0.15) is 5.69 Å². The molecule has 1 atom stereocenters. The summed E-state index contributed by atoms with van der Waals surface area (Å²) < 4.78 is 5.10. The minimum Gasteiger partial charge on any atom is -0.451 e. The van der Waals surface area contributed by atoms with Gasteiger partial charge in [-0.3, -0.25) is 9.59 Å². The summed E-state index contributed by atoms with van der Waals surface area (Å²) in [6, 6.07) is 6.59. The molecule has 2 heterocycles. The van der Waals surface area contributed by atoms with Crippen molar-refractivity contribution in [2.45, 2.75) is 25.8 Å². The minimum atomic E-state index is -0.680. The first-order valence-corrected chi connectivity index (χ1v) is 9.23. The van der Waals surface area contributed by atoms with E-state index in [2.05, 4.69) is 4.98 Å². The van der Waals surface area contributed by atoms with Gasteiger partial charge in [0.05, 0.1) is 16.1 Å². The van der Waals surface area contributed by atoms with Crippen LogP contribution in [0.25, 0.3) is 0 Å². The maximum Gasteiger partial charge on any atom is 0.355 e. The quantitative estimate of drug-likeness (QED) is 0.597. The van der Waals surface area contributed by atoms with Crippen molar-refractivity contribution in [3.05, 3.63) is 57.3 Å². The predicted molar refractivity (Wildman–Crippen MR) is 101 cm³/mol. The Labute approximate surface area is 166 Å². The van der Waals surface area contributed by atoms with Gasteiger partial charge in [0.25, 0.3) is 5.91 Å². The highest BCUT2D eigenvalue weighted by Gasteiger charge is 2.31. The smallest absolute Gasteiger partial charge is 0.355 e. The van der Waals surface area contributed by atoms with Crippen molar-refractivity contribution in [2.75, 3.05) is 13.2 Å². The third-order valence-electron chi connectivity index (χ3n) is 4.54. The van der Waals surface area contributed by atoms with Crippen molar-refractivity contribution in [2.24, 2.45) is 0 Å². The molecule has 1 aromatic heterocycles. The van der Waals surface area contributed by atoms with E-state index in [1.807, 2.05) is 6.07 Å². The molecule has 2 aromatic rings. The Bertz CT molecular complexity index is 894. The summed E-state index contributed by atoms with van der Waals surface area (Å²) in [5.74, 6) is -1.13. The summed E-state index contributed by atoms with van der Waals surface area (Å²) in [5, 5.41) is 0.897. The molecule has 1 aromatic carbocycles. The molecule has 6 nitrogen and oxygen atoms in total. The van der Waals surface area contributed by atoms with Crippen LogP contribution in [0.2, 0.25) is 10.0 Å². The number of nitrogens with zero attached hydrogens (tertiary/aromatic N) is 1. The van der Waals surface area contributed by atoms with Crippen LogP contribution >= 0.6 is 23.2 Å². The van der Waals surface area contributed by atoms with Crippen LogP contribution < -0.4 is 0 Å². The van der Waals surface area contributed by atoms with Crippen LogP contribution in [-0.4, -0.2) is 40.7 Å². The number of halogens is 2. The first-order valence-electron chi connectivity index (χ1n) is 8.47. The Morgan fingerprint density at radius 3 is 2.67 bits per heavy atom. The van der Waals surface area contributed by atoms with E-state index < -0.39 is 5.97 Å². The number of hydrogen-bond acceptors (Lipinski definition) is 4. The van der Waals surface area contributed by atoms with Crippen molar-refractivity contribution >= 4 is 40.9 Å². The first-order chi connectivity index (χ1) is 12.9. The van der Waals surface area contributed by atoms with E-state index in [1.54, 1.807) is 17.0 Å². The van der Waals surface area contributed by atoms with E-state index in [1.165, 1.54) is 19.2 Å². The molecule has 0 aliphatic carbocycles. The first kappa shape index (κ1) is 19.5. The Morgan fingerprint density at radius 1 is 1.22 bits per heavy atom. The van der Waals surface area contributed by atoms with Gasteiger partial charge >= 0.3 is 5.97 Å². The molecule has 1 N–H and O–H groups in total. The number of ketones is 1. The molecule has 8 heteroatoms. The van der Waals surface area contributed by atoms with Gasteiger partial charge in [-0.2, -0.15) is 0 Å². The number of benzene rings is 1. The van der Waals surface area contributed by atoms with Gasteiger partial charge in [-0.05, 0) is 43.5 Å². The van der Waals surface area contributed by atoms with Gasteiger partial charge in [0.15, 0.2) is 12.4 Å². The number of amides is 1. The van der Waals surface area contributed by atoms with E-state index in [0.29, 0.717) is 22.2 Å². The standard InChI is InChI=1S/C19H18Cl2N2O4/c1-11(24)13-8-16(22-9-13)19(26)27-10-18(25)23-6-2-3-17(23)12-4-5-14(20)15(21)7-12/h4-5,7-9,17,22H,2-3,6,10H2,1H3/t17-/m0/s1. The van der Waals surface area contributed by atoms with Crippen molar-refractivity contribution in [3.63, 3.8) is 0 Å². The van der Waals surface area contributed by atoms with Crippen LogP contribution in [0.3, 0.4) is 0 Å². The molecular weight excluding hydrogens is 391 g/mol. The lowest BCUT2D eigenvalue weighted by atomic mass is 10.0. The lowest BCUT2D eigenvalue weighted by Gasteiger charge is -2.25. The minimum absolute atomic E-state index is 0.124. The maximum absolute atomic E-state index is 12.6. The number of Topliss-reactive ketones (excluding diaryl/α,β-unsaturated/α-hetero) is 1. The molecule has 1 aliphatic heterocycles. The molecule has 27 heavy (non-hydrogen) atoms. The average Bonchev–Trinajstić information content (AvgIpc) is 3.31. The predicted octanol–water partition coefficient (Wildman–Crippen LogP) is 4.04. The molecule has 0 spiro atoms. The molecule has 0 unspecified atom stereocenters. The highest BCUT2D eigenvalue weighted by molar-refractivity contribution is 6.42. The van der Waals surface area contributed by atoms with Gasteiger partial charge in [-0.25, -0.2) is 4.79 Å². The third kappa shape index (κ3) is 4.34. The Kier molecular flexibility index (Phi) is 5.87. The fourth-order valence-electron chi connectivity index (χ4n) is 3.13. The number of H-pyrrole nitrogens is 1. The van der Waals surface area contributed by atoms with Crippen LogP contribution in [0, 0.1) is 0 Å². The number of aromatic nitrogens is 1. The number of ether oxygens (including phenoxy) is 1. The fraction of sp³-hybridized carbons (Fsp3) is 0.316. The molecule has 142 valence electrons. The lowest BCUT2D eigenvalue weighted by Crippen LogP contribution is -2.34. The monoisotopic (exact) mass is 408 g/mol. The summed E-state index contributed by atoms with van der Waals surface area (Å²) >= 11 is 12.0. The van der Waals surface area contributed by atoms with E-state index >= 15 is 0 Å². The van der Waals surface area contributed by atoms with Gasteiger partial charge < -0.3 is 14.6 Å². The van der Waals surface area contributed by atoms with Gasteiger partial charge in [0.2, 0.25) is 0 Å². The molecule has 0 radical (unpaired) electrons. The summed E-state index contributed by atoms with van der Waals surface area (Å²) in [6.07, 6.45) is 3.08. The zero-order chi connectivity index (χ0) is 19.6. The number of nitrogens with one attached hydrogen (secondary N) is 1. The summed E-state index contributed by atoms with van der Waals surface area (Å²) in [7, 11) is 0. The second kappa shape index (κ2) is 8.15. The van der Waals surface area contributed by atoms with Crippen LogP contribution in [0.5, 0.6) is 0 Å². The van der Waals surface area contributed by atoms with E-state index in [-0.39, 0.29) is 30.0 Å². The zero-order valence-electron chi connectivity index (χ0n) is 14.6. The zero-order valence-corrected chi connectivity index (χ0v) is 16.1. The average molecular weight is 409 g/mol. The summed E-state index contributed by atoms with van der Waals surface area (Å²) in [4.78, 5) is 40.3. The SMILES string of the molecule is CC(=O)c1c[nH]c(C(=O)OCC(=O)N2CCC[C@H]2c2ccc(Cl)c(Cl)c2)c1. The van der Waals surface area contributed by atoms with Crippen molar-refractivity contribution in [3.8, 4) is 0 Å². The lowest BCUT2D eigenvalue weighted by molar-refractivity contribution is -0.135. The van der Waals surface area contributed by atoms with Crippen LogP contribution in [0.15, 0.2) is 30.5 Å². The van der Waals surface area contributed by atoms with Crippen LogP contribution in [0.1, 0.15) is 52.2 Å². The van der Waals surface area contributed by atoms with E-state index in [9.17, 15) is 14.4 Å². The van der Waals surface area contributed by atoms with Crippen molar-refractivity contribution < 1.29 is 19.1 Å². The maximum atomic E-state index is 12.6. The fourth-order valence-corrected chi connectivity index (χ4v) is 3.44. The van der Waals surface area contributed by atoms with Crippen molar-refractivity contribution in [1.82, 2.24) is 9.88 Å². The second-order valence-electron chi connectivity index (χ2n) is 6.35. The van der Waals surface area contributed by atoms with Gasteiger partial charge in [-0.1, -0.05) is 29.3 Å². The number of hydrogen-bond donors (Lipinski definition) is 1. The highest BCUT2D eigenvalue weighted by atomic mass is 35.5. The van der Waals surface area contributed by atoms with Crippen LogP contribution in [-0.2, 0) is 9.53 Å². The van der Waals surface area contributed by atoms with Crippen LogP contribution in [0.4, 0.5) is 0 Å². The highest BCUT2D eigenvalue weighted by Crippen LogP contribution is 2.35. The number of rotatable bonds is 5. The number of carbonyl (C=O) groups is 3. The van der Waals surface area contributed by atoms with E-state index in [0.717, 1.165) is 18.4 Å². The molecule has 1 aliphatic rings. The Morgan fingerprint density at radius 2 is 2.00 bits per heavy atom. The summed E-state index contributed by atoms with van der Waals surface area (Å²) in [6.45, 7) is 1.61. The molecule has 1 amide bonds. The van der Waals surface area contributed by atoms with E-state index in [4.69, 9.17) is 27.9 Å². The second-order valence-corrected chi connectivity index (χ2v) is 7.17. The molecule has 1 fully saturated rings. The molecule has 3 rings (SSSR count). The molecule has 1 saturated heterocycles. The largest absolute Gasteiger partial charge is 0.451 e. The molecule has 0 bridgehead atoms. The number of likely N-dealkylation sites (tertiary alicyclic amines) is 1. The number of carbonyl (C=O) groups excluding carboxylic acids is 3. The number of aromatic amines is 1. The molecular formula is C19H18Cl2N2O4. The van der Waals surface area contributed by atoms with Gasteiger partial charge in [-0.15, -0.1) is 0 Å². The molecule has 0 saturated carbocycles. The third-order valence-corrected chi connectivity index (χ3v) is 5.28. The Balaban J connectivity index is 1.63. The summed E-state index contributed by atoms with van der Waals surface area (Å²) in [5.41, 5.74) is 1.42. The normalized spacial score (nSPS) is 16.4. The topological polar surface area (TPSA) is 79.5 Å². The van der Waals surface area contributed by atoms with Gasteiger partial charge in [0, 0.05) is 18.3 Å². The number of esters is 1. The van der Waals surface area contributed by atoms with Crippen molar-refractivity contribution in [1.29, 1.82) is 0 Å².